The number of nitrogen functional groups attached to an aromatic ring is 1. The van der Waals surface area contributed by atoms with Gasteiger partial charge in [0.15, 0.2) is 0 Å². The molecule has 0 saturated carbocycles. The van der Waals surface area contributed by atoms with E-state index in [2.05, 4.69) is 16.0 Å². The Morgan fingerprint density at radius 2 is 1.93 bits per heavy atom. The molecular weight excluding hydrogens is 354 g/mol. The van der Waals surface area contributed by atoms with Gasteiger partial charge in [0.25, 0.3) is 0 Å². The van der Waals surface area contributed by atoms with Crippen molar-refractivity contribution in [1.29, 1.82) is 5.41 Å². The minimum atomic E-state index is -0.153. The Balaban J connectivity index is 1.51. The summed E-state index contributed by atoms with van der Waals surface area (Å²) in [5.74, 6) is 0.665. The van der Waals surface area contributed by atoms with Gasteiger partial charge in [-0.1, -0.05) is 12.1 Å². The Bertz CT molecular complexity index is 829. The molecule has 148 valence electrons. The highest BCUT2D eigenvalue weighted by Gasteiger charge is 2.14. The quantitative estimate of drug-likeness (QED) is 0.374. The van der Waals surface area contributed by atoms with Crippen LogP contribution >= 0.6 is 0 Å². The van der Waals surface area contributed by atoms with E-state index in [0.717, 1.165) is 48.6 Å². The second-order valence-electron chi connectivity index (χ2n) is 6.94. The summed E-state index contributed by atoms with van der Waals surface area (Å²) >= 11 is 0. The number of benzene rings is 2. The predicted molar refractivity (Wildman–Crippen MR) is 112 cm³/mol. The molecule has 2 aromatic rings. The van der Waals surface area contributed by atoms with Crippen molar-refractivity contribution in [2.75, 3.05) is 30.3 Å². The Kier molecular flexibility index (Phi) is 6.49. The summed E-state index contributed by atoms with van der Waals surface area (Å²) in [6, 6.07) is 12.9. The second kappa shape index (κ2) is 9.23. The maximum Gasteiger partial charge on any atom is 0.243 e. The third kappa shape index (κ3) is 5.47. The number of amides is 1. The lowest BCUT2D eigenvalue weighted by Gasteiger charge is -2.23. The van der Waals surface area contributed by atoms with Crippen LogP contribution in [0.5, 0.6) is 5.75 Å². The highest BCUT2D eigenvalue weighted by atomic mass is 16.5. The number of carbonyl (C=O) groups excluding carboxylic acids is 1. The van der Waals surface area contributed by atoms with E-state index in [0.29, 0.717) is 5.56 Å². The number of nitrogens with one attached hydrogen (secondary N) is 4. The van der Waals surface area contributed by atoms with Gasteiger partial charge in [-0.25, -0.2) is 0 Å². The van der Waals surface area contributed by atoms with E-state index in [1.807, 2.05) is 37.3 Å². The van der Waals surface area contributed by atoms with Gasteiger partial charge in [-0.2, -0.15) is 0 Å². The van der Waals surface area contributed by atoms with Gasteiger partial charge in [0.1, 0.15) is 17.7 Å². The minimum Gasteiger partial charge on any atom is -0.490 e. The van der Waals surface area contributed by atoms with E-state index in [9.17, 15) is 4.79 Å². The van der Waals surface area contributed by atoms with E-state index >= 15 is 0 Å². The zero-order chi connectivity index (χ0) is 19.9. The molecular formula is C21H27N5O2. The largest absolute Gasteiger partial charge is 0.490 e. The molecule has 3 rings (SSSR count). The maximum absolute atomic E-state index is 12.2. The highest BCUT2D eigenvalue weighted by molar-refractivity contribution is 5.97. The molecule has 0 unspecified atom stereocenters. The van der Waals surface area contributed by atoms with Crippen LogP contribution in [-0.4, -0.2) is 37.5 Å². The number of nitrogens with two attached hydrogens (primary N) is 1. The molecule has 1 fully saturated rings. The van der Waals surface area contributed by atoms with Crippen molar-refractivity contribution in [1.82, 2.24) is 5.32 Å². The summed E-state index contributed by atoms with van der Waals surface area (Å²) in [7, 11) is 0. The summed E-state index contributed by atoms with van der Waals surface area (Å²) in [6.07, 6.45) is 2.27. The molecule has 2 aromatic carbocycles. The summed E-state index contributed by atoms with van der Waals surface area (Å²) in [4.78, 5) is 12.2. The Hall–Kier alpha value is -3.06. The lowest BCUT2D eigenvalue weighted by atomic mass is 10.1. The molecule has 1 heterocycles. The minimum absolute atomic E-state index is 0.000648. The summed E-state index contributed by atoms with van der Waals surface area (Å²) in [5.41, 5.74) is 8.64. The third-order valence-electron chi connectivity index (χ3n) is 4.71. The van der Waals surface area contributed by atoms with Crippen LogP contribution in [0.2, 0.25) is 0 Å². The van der Waals surface area contributed by atoms with E-state index in [1.54, 1.807) is 12.1 Å². The lowest BCUT2D eigenvalue weighted by Crippen LogP contribution is -2.34. The van der Waals surface area contributed by atoms with Gasteiger partial charge in [-0.05, 0) is 68.8 Å². The van der Waals surface area contributed by atoms with Crippen LogP contribution in [0.3, 0.4) is 0 Å². The molecule has 7 nitrogen and oxygen atoms in total. The number of rotatable bonds is 7. The third-order valence-corrected chi connectivity index (χ3v) is 4.71. The number of hydrogen-bond acceptors (Lipinski definition) is 5. The Morgan fingerprint density at radius 3 is 2.61 bits per heavy atom. The van der Waals surface area contributed by atoms with Gasteiger partial charge >= 0.3 is 0 Å². The van der Waals surface area contributed by atoms with Crippen molar-refractivity contribution in [3.63, 3.8) is 0 Å². The molecule has 1 amide bonds. The molecule has 0 aliphatic carbocycles. The normalized spacial score (nSPS) is 14.3. The SMILES string of the molecule is Cc1ccc(C(=N)N)cc1NCC(=O)Nc1ccc(OC2CCNCC2)cc1. The smallest absolute Gasteiger partial charge is 0.243 e. The van der Waals surface area contributed by atoms with Crippen molar-refractivity contribution in [3.8, 4) is 5.75 Å². The number of ether oxygens (including phenoxy) is 1. The molecule has 6 N–H and O–H groups in total. The Morgan fingerprint density at radius 1 is 1.21 bits per heavy atom. The number of piperidine rings is 1. The second-order valence-corrected chi connectivity index (χ2v) is 6.94. The first kappa shape index (κ1) is 19.7. The average molecular weight is 381 g/mol. The molecule has 0 bridgehead atoms. The van der Waals surface area contributed by atoms with Crippen molar-refractivity contribution in [2.45, 2.75) is 25.9 Å². The molecule has 1 saturated heterocycles. The van der Waals surface area contributed by atoms with Gasteiger partial charge in [-0.15, -0.1) is 0 Å². The molecule has 1 aliphatic rings. The molecule has 1 aliphatic heterocycles. The van der Waals surface area contributed by atoms with Crippen LogP contribution < -0.4 is 26.4 Å². The molecule has 0 radical (unpaired) electrons. The average Bonchev–Trinajstić information content (AvgIpc) is 2.69. The first-order chi connectivity index (χ1) is 13.5. The van der Waals surface area contributed by atoms with Gasteiger partial charge in [0.05, 0.1) is 6.54 Å². The Labute approximate surface area is 165 Å². The van der Waals surface area contributed by atoms with Crippen molar-refractivity contribution >= 4 is 23.1 Å². The van der Waals surface area contributed by atoms with Crippen LogP contribution in [0.4, 0.5) is 11.4 Å². The van der Waals surface area contributed by atoms with Crippen LogP contribution in [0.25, 0.3) is 0 Å². The number of hydrogen-bond donors (Lipinski definition) is 5. The van der Waals surface area contributed by atoms with E-state index in [1.165, 1.54) is 0 Å². The van der Waals surface area contributed by atoms with Crippen LogP contribution in [-0.2, 0) is 4.79 Å². The summed E-state index contributed by atoms with van der Waals surface area (Å²) in [6.45, 7) is 4.03. The standard InChI is InChI=1S/C21H27N5O2/c1-14-2-3-15(21(22)23)12-19(14)25-13-20(27)26-16-4-6-17(7-5-16)28-18-8-10-24-11-9-18/h2-7,12,18,24-25H,8-11,13H2,1H3,(H3,22,23)(H,26,27). The van der Waals surface area contributed by atoms with Crippen LogP contribution in [0.1, 0.15) is 24.0 Å². The van der Waals surface area contributed by atoms with Gasteiger partial charge in [-0.3, -0.25) is 10.2 Å². The maximum atomic E-state index is 12.2. The first-order valence-corrected chi connectivity index (χ1v) is 9.47. The molecule has 0 spiro atoms. The number of anilines is 2. The molecule has 28 heavy (non-hydrogen) atoms. The van der Waals surface area contributed by atoms with Gasteiger partial charge in [0.2, 0.25) is 5.91 Å². The fourth-order valence-electron chi connectivity index (χ4n) is 3.08. The van der Waals surface area contributed by atoms with E-state index < -0.39 is 0 Å². The number of amidine groups is 1. The topological polar surface area (TPSA) is 112 Å². The van der Waals surface area contributed by atoms with Crippen molar-refractivity contribution < 1.29 is 9.53 Å². The van der Waals surface area contributed by atoms with Crippen LogP contribution in [0.15, 0.2) is 42.5 Å². The van der Waals surface area contributed by atoms with Crippen LogP contribution in [0, 0.1) is 12.3 Å². The molecule has 0 aromatic heterocycles. The lowest BCUT2D eigenvalue weighted by molar-refractivity contribution is -0.114. The van der Waals surface area contributed by atoms with E-state index in [4.69, 9.17) is 15.9 Å². The fourth-order valence-corrected chi connectivity index (χ4v) is 3.08. The van der Waals surface area contributed by atoms with Gasteiger partial charge in [0, 0.05) is 16.9 Å². The fraction of sp³-hybridized carbons (Fsp3) is 0.333. The number of carbonyl (C=O) groups is 1. The molecule has 7 heteroatoms. The number of aryl methyl sites for hydroxylation is 1. The van der Waals surface area contributed by atoms with Crippen molar-refractivity contribution in [2.24, 2.45) is 5.73 Å². The highest BCUT2D eigenvalue weighted by Crippen LogP contribution is 2.20. The monoisotopic (exact) mass is 381 g/mol. The molecule has 0 atom stereocenters. The van der Waals surface area contributed by atoms with Gasteiger partial charge < -0.3 is 26.4 Å². The summed E-state index contributed by atoms with van der Waals surface area (Å²) in [5, 5.41) is 16.8. The zero-order valence-corrected chi connectivity index (χ0v) is 16.0. The predicted octanol–water partition coefficient (Wildman–Crippen LogP) is 2.46. The zero-order valence-electron chi connectivity index (χ0n) is 16.0. The van der Waals surface area contributed by atoms with E-state index in [-0.39, 0.29) is 24.4 Å². The first-order valence-electron chi connectivity index (χ1n) is 9.47. The van der Waals surface area contributed by atoms with Crippen molar-refractivity contribution in [3.05, 3.63) is 53.6 Å². The summed E-state index contributed by atoms with van der Waals surface area (Å²) < 4.78 is 5.97.